The van der Waals surface area contributed by atoms with Gasteiger partial charge in [0.15, 0.2) is 6.10 Å². The minimum atomic E-state index is -4.30. The van der Waals surface area contributed by atoms with Crippen LogP contribution in [0.3, 0.4) is 0 Å². The lowest BCUT2D eigenvalue weighted by atomic mass is 10.0. The fraction of sp³-hybridized carbons (Fsp3) is 0.500. The van der Waals surface area contributed by atoms with Crippen molar-refractivity contribution >= 4 is 16.0 Å². The zero-order chi connectivity index (χ0) is 17.4. The Morgan fingerprint density at radius 2 is 2.00 bits per heavy atom. The molecular formula is C14H17F2NO5S. The number of ether oxygens (including phenoxy) is 1. The third kappa shape index (κ3) is 3.36. The Bertz CT molecular complexity index is 705. The lowest BCUT2D eigenvalue weighted by Crippen LogP contribution is -2.59. The highest BCUT2D eigenvalue weighted by molar-refractivity contribution is 7.89. The van der Waals surface area contributed by atoms with E-state index >= 15 is 0 Å². The maximum atomic E-state index is 13.1. The first-order chi connectivity index (χ1) is 10.6. The van der Waals surface area contributed by atoms with Crippen molar-refractivity contribution in [1.29, 1.82) is 0 Å². The van der Waals surface area contributed by atoms with E-state index in [-0.39, 0.29) is 6.61 Å². The molecule has 0 amide bonds. The molecule has 0 radical (unpaired) electrons. The quantitative estimate of drug-likeness (QED) is 0.897. The Kier molecular flexibility index (Phi) is 4.74. The molecule has 23 heavy (non-hydrogen) atoms. The minimum Gasteiger partial charge on any atom is -0.479 e. The molecule has 128 valence electrons. The number of sulfonamides is 1. The summed E-state index contributed by atoms with van der Waals surface area (Å²) in [4.78, 5) is 10.6. The summed E-state index contributed by atoms with van der Waals surface area (Å²) >= 11 is 0. The Morgan fingerprint density at radius 1 is 1.39 bits per heavy atom. The van der Waals surface area contributed by atoms with E-state index < -0.39 is 51.1 Å². The normalized spacial score (nSPS) is 22.2. The van der Waals surface area contributed by atoms with Crippen LogP contribution in [-0.2, 0) is 19.6 Å². The summed E-state index contributed by atoms with van der Waals surface area (Å²) in [6.45, 7) is 2.50. The number of alkyl halides is 2. The number of nitrogens with zero attached hydrogens (tertiary/aromatic N) is 1. The number of hydrogen-bond acceptors (Lipinski definition) is 4. The van der Waals surface area contributed by atoms with Gasteiger partial charge in [-0.3, -0.25) is 0 Å². The van der Waals surface area contributed by atoms with Gasteiger partial charge in [0.25, 0.3) is 6.43 Å². The Morgan fingerprint density at radius 3 is 2.57 bits per heavy atom. The van der Waals surface area contributed by atoms with E-state index in [1.165, 1.54) is 12.1 Å². The second-order valence-corrected chi connectivity index (χ2v) is 7.66. The van der Waals surface area contributed by atoms with Crippen molar-refractivity contribution in [3.8, 4) is 0 Å². The molecule has 1 N–H and O–H groups in total. The predicted molar refractivity (Wildman–Crippen MR) is 76.7 cm³/mol. The van der Waals surface area contributed by atoms with Gasteiger partial charge in [-0.1, -0.05) is 18.2 Å². The molecule has 1 fully saturated rings. The van der Waals surface area contributed by atoms with E-state index in [9.17, 15) is 22.0 Å². The van der Waals surface area contributed by atoms with E-state index in [2.05, 4.69) is 0 Å². The Hall–Kier alpha value is -1.58. The van der Waals surface area contributed by atoms with E-state index in [0.29, 0.717) is 0 Å². The highest BCUT2D eigenvalue weighted by Crippen LogP contribution is 2.33. The molecule has 0 bridgehead atoms. The summed E-state index contributed by atoms with van der Waals surface area (Å²) in [7, 11) is -4.30. The third-order valence-corrected chi connectivity index (χ3v) is 5.79. The van der Waals surface area contributed by atoms with Crippen molar-refractivity contribution in [2.45, 2.75) is 36.8 Å². The Balaban J connectivity index is 2.51. The number of benzene rings is 1. The van der Waals surface area contributed by atoms with Gasteiger partial charge in [-0.2, -0.15) is 4.31 Å². The van der Waals surface area contributed by atoms with Gasteiger partial charge in [0.2, 0.25) is 10.0 Å². The first-order valence-electron chi connectivity index (χ1n) is 6.81. The molecule has 0 spiro atoms. The van der Waals surface area contributed by atoms with Crippen LogP contribution >= 0.6 is 0 Å². The molecule has 1 heterocycles. The summed E-state index contributed by atoms with van der Waals surface area (Å²) in [6, 6.07) is 4.81. The number of carboxylic acids is 1. The lowest BCUT2D eigenvalue weighted by molar-refractivity contribution is -0.159. The largest absolute Gasteiger partial charge is 0.479 e. The first-order valence-corrected chi connectivity index (χ1v) is 8.25. The number of hydrogen-bond donors (Lipinski definition) is 1. The van der Waals surface area contributed by atoms with Gasteiger partial charge < -0.3 is 9.84 Å². The molecule has 2 rings (SSSR count). The molecule has 0 saturated carbocycles. The Labute approximate surface area is 132 Å². The average molecular weight is 349 g/mol. The monoisotopic (exact) mass is 349 g/mol. The van der Waals surface area contributed by atoms with Gasteiger partial charge in [-0.15, -0.1) is 0 Å². The summed E-state index contributed by atoms with van der Waals surface area (Å²) in [5.41, 5.74) is -1.67. The van der Waals surface area contributed by atoms with Crippen LogP contribution in [0.15, 0.2) is 29.2 Å². The van der Waals surface area contributed by atoms with Crippen molar-refractivity contribution in [1.82, 2.24) is 4.31 Å². The van der Waals surface area contributed by atoms with E-state index in [0.717, 1.165) is 16.4 Å². The van der Waals surface area contributed by atoms with Crippen molar-refractivity contribution in [3.63, 3.8) is 0 Å². The highest BCUT2D eigenvalue weighted by atomic mass is 32.2. The second kappa shape index (κ2) is 6.14. The van der Waals surface area contributed by atoms with Crippen LogP contribution in [0, 0.1) is 0 Å². The molecule has 1 saturated heterocycles. The van der Waals surface area contributed by atoms with Crippen LogP contribution in [0.1, 0.15) is 25.8 Å². The number of carboxylic acid groups (broad SMARTS) is 1. The van der Waals surface area contributed by atoms with Gasteiger partial charge in [0.1, 0.15) is 0 Å². The van der Waals surface area contributed by atoms with Crippen molar-refractivity contribution < 1.29 is 31.8 Å². The highest BCUT2D eigenvalue weighted by Gasteiger charge is 2.45. The first kappa shape index (κ1) is 17.8. The standard InChI is InChI=1S/C14H17F2NO5S/c1-14(2)8-22-10(13(18)19)7-17(14)23(20,21)11-6-4-3-5-9(11)12(15)16/h3-6,10,12H,7-8H2,1-2H3,(H,18,19). The van der Waals surface area contributed by atoms with Crippen LogP contribution in [-0.4, -0.2) is 48.6 Å². The molecule has 1 aliphatic heterocycles. The number of rotatable bonds is 4. The molecule has 0 aliphatic carbocycles. The minimum absolute atomic E-state index is 0.153. The zero-order valence-corrected chi connectivity index (χ0v) is 13.4. The molecule has 1 aromatic rings. The smallest absolute Gasteiger partial charge is 0.334 e. The summed E-state index contributed by atoms with van der Waals surface area (Å²) < 4.78 is 58.0. The van der Waals surface area contributed by atoms with E-state index in [1.807, 2.05) is 0 Å². The second-order valence-electron chi connectivity index (χ2n) is 5.82. The summed E-state index contributed by atoms with van der Waals surface area (Å²) in [5.74, 6) is -1.30. The molecule has 1 aliphatic rings. The van der Waals surface area contributed by atoms with Crippen LogP contribution in [0.2, 0.25) is 0 Å². The van der Waals surface area contributed by atoms with Crippen LogP contribution < -0.4 is 0 Å². The van der Waals surface area contributed by atoms with Gasteiger partial charge >= 0.3 is 5.97 Å². The topological polar surface area (TPSA) is 83.9 Å². The van der Waals surface area contributed by atoms with Gasteiger partial charge in [-0.05, 0) is 19.9 Å². The summed E-state index contributed by atoms with van der Waals surface area (Å²) in [6.07, 6.45) is -4.29. The van der Waals surface area contributed by atoms with Crippen LogP contribution in [0.25, 0.3) is 0 Å². The number of aliphatic carboxylic acids is 1. The number of carbonyl (C=O) groups is 1. The van der Waals surface area contributed by atoms with Crippen LogP contribution in [0.4, 0.5) is 8.78 Å². The molecule has 9 heteroatoms. The van der Waals surface area contributed by atoms with Gasteiger partial charge in [-0.25, -0.2) is 22.0 Å². The lowest BCUT2D eigenvalue weighted by Gasteiger charge is -2.43. The predicted octanol–water partition coefficient (Wildman–Crippen LogP) is 1.88. The molecule has 6 nitrogen and oxygen atoms in total. The number of halogens is 2. The van der Waals surface area contributed by atoms with Crippen molar-refractivity contribution in [2.75, 3.05) is 13.2 Å². The average Bonchev–Trinajstić information content (AvgIpc) is 2.46. The van der Waals surface area contributed by atoms with Crippen LogP contribution in [0.5, 0.6) is 0 Å². The number of morpholine rings is 1. The van der Waals surface area contributed by atoms with Crippen molar-refractivity contribution in [2.24, 2.45) is 0 Å². The summed E-state index contributed by atoms with van der Waals surface area (Å²) in [5, 5.41) is 9.04. The maximum Gasteiger partial charge on any atom is 0.334 e. The molecule has 1 aromatic carbocycles. The zero-order valence-electron chi connectivity index (χ0n) is 12.6. The SMILES string of the molecule is CC1(C)COC(C(=O)O)CN1S(=O)(=O)c1ccccc1C(F)F. The fourth-order valence-corrected chi connectivity index (χ4v) is 4.39. The fourth-order valence-electron chi connectivity index (χ4n) is 2.41. The molecular weight excluding hydrogens is 332 g/mol. The van der Waals surface area contributed by atoms with Crippen molar-refractivity contribution in [3.05, 3.63) is 29.8 Å². The van der Waals surface area contributed by atoms with E-state index in [1.54, 1.807) is 13.8 Å². The maximum absolute atomic E-state index is 13.1. The third-order valence-electron chi connectivity index (χ3n) is 3.64. The molecule has 1 atom stereocenters. The molecule has 0 aromatic heterocycles. The molecule has 1 unspecified atom stereocenters. The van der Waals surface area contributed by atoms with Gasteiger partial charge in [0.05, 0.1) is 23.6 Å². The van der Waals surface area contributed by atoms with E-state index in [4.69, 9.17) is 9.84 Å². The van der Waals surface area contributed by atoms with Gasteiger partial charge in [0, 0.05) is 5.56 Å².